The molecule has 0 bridgehead atoms. The van der Waals surface area contributed by atoms with E-state index in [1.165, 1.54) is 5.56 Å². The van der Waals surface area contributed by atoms with Crippen LogP contribution < -0.4 is 10.6 Å². The van der Waals surface area contributed by atoms with E-state index in [9.17, 15) is 4.79 Å². The summed E-state index contributed by atoms with van der Waals surface area (Å²) in [4.78, 5) is 11.8. The van der Waals surface area contributed by atoms with Gasteiger partial charge in [-0.05, 0) is 37.0 Å². The quantitative estimate of drug-likeness (QED) is 0.801. The highest BCUT2D eigenvalue weighted by Gasteiger charge is 2.23. The summed E-state index contributed by atoms with van der Waals surface area (Å²) in [6.07, 6.45) is 1.00. The molecule has 0 unspecified atom stereocenters. The Labute approximate surface area is 96.2 Å². The molecule has 2 rings (SSSR count). The zero-order valence-electron chi connectivity index (χ0n) is 10.0. The summed E-state index contributed by atoms with van der Waals surface area (Å²) in [5, 5.41) is 6.34. The number of fused-ring (bicyclic) bond motifs is 1. The number of aryl methyl sites for hydroxylation is 1. The van der Waals surface area contributed by atoms with Crippen LogP contribution in [-0.4, -0.2) is 12.1 Å². The average molecular weight is 218 g/mol. The molecule has 0 radical (unpaired) electrons. The van der Waals surface area contributed by atoms with Gasteiger partial charge in [0.2, 0.25) is 0 Å². The number of amides is 1. The molecule has 1 aromatic rings. The summed E-state index contributed by atoms with van der Waals surface area (Å²) in [7, 11) is 0. The van der Waals surface area contributed by atoms with Crippen LogP contribution in [0.1, 0.15) is 36.2 Å². The Hall–Kier alpha value is -1.51. The van der Waals surface area contributed by atoms with E-state index in [4.69, 9.17) is 0 Å². The Balaban J connectivity index is 2.24. The maximum atomic E-state index is 11.8. The highest BCUT2D eigenvalue weighted by atomic mass is 16.2. The van der Waals surface area contributed by atoms with Gasteiger partial charge in [0.05, 0.1) is 11.7 Å². The topological polar surface area (TPSA) is 41.1 Å². The molecule has 1 aliphatic heterocycles. The first-order valence-corrected chi connectivity index (χ1v) is 5.74. The van der Waals surface area contributed by atoms with Crippen molar-refractivity contribution in [3.8, 4) is 0 Å². The fourth-order valence-corrected chi connectivity index (χ4v) is 2.02. The van der Waals surface area contributed by atoms with Crippen LogP contribution >= 0.6 is 0 Å². The van der Waals surface area contributed by atoms with Crippen LogP contribution in [0.5, 0.6) is 0 Å². The molecule has 0 saturated carbocycles. The van der Waals surface area contributed by atoms with Gasteiger partial charge in [-0.1, -0.05) is 19.9 Å². The molecule has 2 N–H and O–H groups in total. The van der Waals surface area contributed by atoms with E-state index < -0.39 is 0 Å². The van der Waals surface area contributed by atoms with E-state index in [0.717, 1.165) is 17.7 Å². The normalized spacial score (nSPS) is 19.0. The van der Waals surface area contributed by atoms with Gasteiger partial charge < -0.3 is 10.6 Å². The molecule has 3 nitrogen and oxygen atoms in total. The van der Waals surface area contributed by atoms with Crippen LogP contribution in [-0.2, 0) is 0 Å². The molecule has 1 aliphatic rings. The summed E-state index contributed by atoms with van der Waals surface area (Å²) in [6, 6.07) is 5.86. The van der Waals surface area contributed by atoms with E-state index in [-0.39, 0.29) is 12.1 Å². The third kappa shape index (κ3) is 2.18. The van der Waals surface area contributed by atoms with Crippen LogP contribution in [0, 0.1) is 12.8 Å². The first-order valence-electron chi connectivity index (χ1n) is 5.74. The SMILES string of the molecule is Cc1ccc2c(c1)N[C@@H](CC(C)C)NC2=O. The third-order valence-electron chi connectivity index (χ3n) is 2.76. The minimum absolute atomic E-state index is 0.0272. The minimum Gasteiger partial charge on any atom is -0.365 e. The number of hydrogen-bond donors (Lipinski definition) is 2. The average Bonchev–Trinajstić information content (AvgIpc) is 2.15. The number of benzene rings is 1. The van der Waals surface area contributed by atoms with Gasteiger partial charge in [-0.3, -0.25) is 4.79 Å². The zero-order valence-corrected chi connectivity index (χ0v) is 10.0. The summed E-state index contributed by atoms with van der Waals surface area (Å²) in [5.41, 5.74) is 2.87. The van der Waals surface area contributed by atoms with Crippen LogP contribution in [0.15, 0.2) is 18.2 Å². The number of rotatable bonds is 2. The molecule has 1 heterocycles. The summed E-state index contributed by atoms with van der Waals surface area (Å²) in [6.45, 7) is 6.34. The molecule has 0 aliphatic carbocycles. The highest BCUT2D eigenvalue weighted by molar-refractivity contribution is 6.01. The molecule has 0 spiro atoms. The van der Waals surface area contributed by atoms with Crippen molar-refractivity contribution in [2.75, 3.05) is 5.32 Å². The van der Waals surface area contributed by atoms with Crippen molar-refractivity contribution in [3.63, 3.8) is 0 Å². The van der Waals surface area contributed by atoms with Gasteiger partial charge >= 0.3 is 0 Å². The largest absolute Gasteiger partial charge is 0.365 e. The summed E-state index contributed by atoms with van der Waals surface area (Å²) < 4.78 is 0. The molecule has 16 heavy (non-hydrogen) atoms. The van der Waals surface area contributed by atoms with Gasteiger partial charge in [0.1, 0.15) is 0 Å². The molecule has 0 saturated heterocycles. The predicted molar refractivity (Wildman–Crippen MR) is 65.5 cm³/mol. The monoisotopic (exact) mass is 218 g/mol. The second-order valence-electron chi connectivity index (χ2n) is 4.85. The molecule has 1 amide bonds. The lowest BCUT2D eigenvalue weighted by Gasteiger charge is -2.29. The first kappa shape index (κ1) is 11.0. The number of carbonyl (C=O) groups excluding carboxylic acids is 1. The second-order valence-corrected chi connectivity index (χ2v) is 4.85. The maximum Gasteiger partial charge on any atom is 0.254 e. The van der Waals surface area contributed by atoms with Gasteiger partial charge in [0, 0.05) is 5.69 Å². The van der Waals surface area contributed by atoms with Crippen LogP contribution in [0.25, 0.3) is 0 Å². The standard InChI is InChI=1S/C13H18N2O/c1-8(2)6-12-14-11-7-9(3)4-5-10(11)13(16)15-12/h4-5,7-8,12,14H,6H2,1-3H3,(H,15,16)/t12-/m1/s1. The number of hydrogen-bond acceptors (Lipinski definition) is 2. The van der Waals surface area contributed by atoms with Gasteiger partial charge in [-0.25, -0.2) is 0 Å². The Kier molecular flexibility index (Phi) is 2.86. The van der Waals surface area contributed by atoms with E-state index >= 15 is 0 Å². The minimum atomic E-state index is 0.0272. The first-order chi connectivity index (χ1) is 7.56. The number of anilines is 1. The van der Waals surface area contributed by atoms with Crippen molar-refractivity contribution in [1.29, 1.82) is 0 Å². The second kappa shape index (κ2) is 4.16. The lowest BCUT2D eigenvalue weighted by atomic mass is 10.0. The summed E-state index contributed by atoms with van der Waals surface area (Å²) >= 11 is 0. The van der Waals surface area contributed by atoms with Crippen molar-refractivity contribution in [2.24, 2.45) is 5.92 Å². The Morgan fingerprint density at radius 2 is 2.06 bits per heavy atom. The van der Waals surface area contributed by atoms with E-state index in [2.05, 4.69) is 24.5 Å². The maximum absolute atomic E-state index is 11.8. The van der Waals surface area contributed by atoms with Crippen LogP contribution in [0.4, 0.5) is 5.69 Å². The van der Waals surface area contributed by atoms with Crippen molar-refractivity contribution in [2.45, 2.75) is 33.4 Å². The Morgan fingerprint density at radius 3 is 2.75 bits per heavy atom. The number of nitrogens with one attached hydrogen (secondary N) is 2. The van der Waals surface area contributed by atoms with Crippen molar-refractivity contribution in [3.05, 3.63) is 29.3 Å². The lowest BCUT2D eigenvalue weighted by molar-refractivity contribution is 0.0931. The third-order valence-corrected chi connectivity index (χ3v) is 2.76. The Morgan fingerprint density at radius 1 is 1.31 bits per heavy atom. The van der Waals surface area contributed by atoms with Crippen molar-refractivity contribution >= 4 is 11.6 Å². The molecule has 0 fully saturated rings. The summed E-state index contributed by atoms with van der Waals surface area (Å²) in [5.74, 6) is 0.587. The molecule has 1 atom stereocenters. The lowest BCUT2D eigenvalue weighted by Crippen LogP contribution is -2.45. The van der Waals surface area contributed by atoms with Gasteiger partial charge in [-0.15, -0.1) is 0 Å². The zero-order chi connectivity index (χ0) is 11.7. The van der Waals surface area contributed by atoms with Gasteiger partial charge in [-0.2, -0.15) is 0 Å². The van der Waals surface area contributed by atoms with Crippen molar-refractivity contribution in [1.82, 2.24) is 5.32 Å². The molecule has 0 aromatic heterocycles. The van der Waals surface area contributed by atoms with Gasteiger partial charge in [0.25, 0.3) is 5.91 Å². The molecule has 3 heteroatoms. The molecular weight excluding hydrogens is 200 g/mol. The number of carbonyl (C=O) groups is 1. The molecule has 1 aromatic carbocycles. The fraction of sp³-hybridized carbons (Fsp3) is 0.462. The van der Waals surface area contributed by atoms with E-state index in [1.807, 2.05) is 25.1 Å². The van der Waals surface area contributed by atoms with Crippen molar-refractivity contribution < 1.29 is 4.79 Å². The van der Waals surface area contributed by atoms with E-state index in [0.29, 0.717) is 5.92 Å². The van der Waals surface area contributed by atoms with Crippen LogP contribution in [0.2, 0.25) is 0 Å². The fourth-order valence-electron chi connectivity index (χ4n) is 2.02. The smallest absolute Gasteiger partial charge is 0.254 e. The molecular formula is C13H18N2O. The van der Waals surface area contributed by atoms with Gasteiger partial charge in [0.15, 0.2) is 0 Å². The predicted octanol–water partition coefficient (Wildman–Crippen LogP) is 2.52. The van der Waals surface area contributed by atoms with Crippen LogP contribution in [0.3, 0.4) is 0 Å². The molecule has 86 valence electrons. The highest BCUT2D eigenvalue weighted by Crippen LogP contribution is 2.23. The van der Waals surface area contributed by atoms with E-state index in [1.54, 1.807) is 0 Å². The Bertz CT molecular complexity index is 412.